The molecule has 0 radical (unpaired) electrons. The Kier molecular flexibility index (Phi) is 12.8. The molecule has 0 aliphatic rings. The second kappa shape index (κ2) is 22.9. The second-order valence-electron chi connectivity index (χ2n) is 26.3. The number of nitrogens with zero attached hydrogens (tertiary/aromatic N) is 9. The lowest BCUT2D eigenvalue weighted by Crippen LogP contribution is -2.04. The second-order valence-corrected chi connectivity index (χ2v) is 26.3. The van der Waals surface area contributed by atoms with Crippen LogP contribution in [0.2, 0.25) is 0 Å². The van der Waals surface area contributed by atoms with Gasteiger partial charge in [0.1, 0.15) is 0 Å². The summed E-state index contributed by atoms with van der Waals surface area (Å²) in [5.41, 5.74) is 20.6. The van der Waals surface area contributed by atoms with Crippen LogP contribution in [-0.2, 0) is 0 Å². The van der Waals surface area contributed by atoms with Gasteiger partial charge in [0.15, 0.2) is 17.5 Å². The summed E-state index contributed by atoms with van der Waals surface area (Å²) in [5.74, 6) is 2.45. The first-order chi connectivity index (χ1) is 50.6. The zero-order valence-corrected chi connectivity index (χ0v) is 54.9. The van der Waals surface area contributed by atoms with Crippen molar-refractivity contribution in [3.8, 4) is 90.8 Å². The van der Waals surface area contributed by atoms with Gasteiger partial charge in [0.05, 0.1) is 55.5 Å². The van der Waals surface area contributed by atoms with Gasteiger partial charge in [-0.3, -0.25) is 4.57 Å². The molecule has 0 fully saturated rings. The van der Waals surface area contributed by atoms with Crippen LogP contribution in [0, 0.1) is 0 Å². The third-order valence-corrected chi connectivity index (χ3v) is 20.6. The maximum atomic E-state index is 5.77. The Balaban J connectivity index is 0.775. The zero-order chi connectivity index (χ0) is 66.9. The molecule has 0 aliphatic heterocycles. The summed E-state index contributed by atoms with van der Waals surface area (Å²) in [4.78, 5) is 26.6. The average molecular weight is 1300 g/mol. The lowest BCUT2D eigenvalue weighted by molar-refractivity contribution is 0.998. The fourth-order valence-corrected chi connectivity index (χ4v) is 16.2. The van der Waals surface area contributed by atoms with Crippen LogP contribution in [0.1, 0.15) is 0 Å². The van der Waals surface area contributed by atoms with Gasteiger partial charge in [-0.15, -0.1) is 0 Å². The molecule has 0 atom stereocenters. The largest absolute Gasteiger partial charge is 0.309 e. The fourth-order valence-electron chi connectivity index (χ4n) is 16.2. The molecule has 0 aliphatic carbocycles. The Morgan fingerprint density at radius 3 is 1.03 bits per heavy atom. The number of rotatable bonds is 10. The number of hydrogen-bond donors (Lipinski definition) is 0. The summed E-state index contributed by atoms with van der Waals surface area (Å²) in [6, 6.07) is 124. The van der Waals surface area contributed by atoms with Gasteiger partial charge in [-0.1, -0.05) is 255 Å². The van der Waals surface area contributed by atoms with Crippen molar-refractivity contribution < 1.29 is 0 Å². The number of benzene rings is 15. The van der Waals surface area contributed by atoms with Crippen LogP contribution in [0.3, 0.4) is 0 Å². The van der Waals surface area contributed by atoms with E-state index in [1.165, 1.54) is 32.3 Å². The van der Waals surface area contributed by atoms with Crippen molar-refractivity contribution in [2.45, 2.75) is 0 Å². The molecule has 0 saturated carbocycles. The summed E-state index contributed by atoms with van der Waals surface area (Å²) >= 11 is 0. The topological polar surface area (TPSA) is 84.2 Å². The van der Waals surface area contributed by atoms with Crippen LogP contribution in [0.25, 0.3) is 200 Å². The van der Waals surface area contributed by atoms with E-state index in [4.69, 9.17) is 24.9 Å². The first kappa shape index (κ1) is 57.2. The third-order valence-electron chi connectivity index (χ3n) is 20.6. The molecular weight excluding hydrogens is 1240 g/mol. The summed E-state index contributed by atoms with van der Waals surface area (Å²) < 4.78 is 9.73. The van der Waals surface area contributed by atoms with Crippen molar-refractivity contribution in [2.75, 3.05) is 0 Å². The third kappa shape index (κ3) is 8.81. The van der Waals surface area contributed by atoms with Gasteiger partial charge in [0.25, 0.3) is 0 Å². The number of hydrogen-bond acceptors (Lipinski definition) is 5. The molecular formula is C93H57N9. The van der Waals surface area contributed by atoms with Crippen molar-refractivity contribution in [1.29, 1.82) is 0 Å². The van der Waals surface area contributed by atoms with Gasteiger partial charge in [0, 0.05) is 98.7 Å². The Morgan fingerprint density at radius 2 is 0.510 bits per heavy atom. The highest BCUT2D eigenvalue weighted by Crippen LogP contribution is 2.50. The Morgan fingerprint density at radius 1 is 0.176 bits per heavy atom. The van der Waals surface area contributed by atoms with Crippen molar-refractivity contribution in [1.82, 2.24) is 43.2 Å². The lowest BCUT2D eigenvalue weighted by Gasteiger charge is -2.15. The summed E-state index contributed by atoms with van der Waals surface area (Å²) in [6.45, 7) is 0. The standard InChI is InChI=1S/C93H57N9/c1-6-27-58(28-7-1)76-57-77(95-93(94-76)102-81-48-25-19-42-72(81)82-68-39-16-17-40-70(68)86-84(89(82)102)73-43-20-23-46-79(73)99(86)65-35-12-4-13-36-65)64-34-26-33-62(55-64)63-51-54-69-75(56-63)87-85(74-44-21-24-47-80(74)100(87)66-37-14-5-15-38-66)88-83(69)71-41-18-22-45-78(71)101(88)67-52-49-61(50-53-67)92-97-90(59-29-8-2-9-30-59)96-91(98-92)60-31-10-3-11-32-60/h1-57H. The Hall–Kier alpha value is -13.9. The minimum atomic E-state index is 0.592. The van der Waals surface area contributed by atoms with E-state index < -0.39 is 0 Å². The predicted molar refractivity (Wildman–Crippen MR) is 420 cm³/mol. The van der Waals surface area contributed by atoms with Crippen LogP contribution in [0.5, 0.6) is 0 Å². The van der Waals surface area contributed by atoms with Crippen LogP contribution < -0.4 is 0 Å². The van der Waals surface area contributed by atoms with Crippen molar-refractivity contribution in [3.05, 3.63) is 346 Å². The van der Waals surface area contributed by atoms with Crippen LogP contribution in [0.15, 0.2) is 346 Å². The van der Waals surface area contributed by atoms with E-state index in [2.05, 4.69) is 303 Å². The number of aromatic nitrogens is 9. The number of para-hydroxylation sites is 6. The van der Waals surface area contributed by atoms with Gasteiger partial charge in [-0.25, -0.2) is 24.9 Å². The van der Waals surface area contributed by atoms with E-state index in [9.17, 15) is 0 Å². The van der Waals surface area contributed by atoms with Gasteiger partial charge in [0.2, 0.25) is 5.95 Å². The minimum Gasteiger partial charge on any atom is -0.309 e. The molecule has 0 saturated heterocycles. The van der Waals surface area contributed by atoms with Crippen LogP contribution in [-0.4, -0.2) is 43.2 Å². The molecule has 0 amide bonds. The molecule has 6 heterocycles. The maximum Gasteiger partial charge on any atom is 0.235 e. The number of fused-ring (bicyclic) bond motifs is 20. The van der Waals surface area contributed by atoms with E-state index in [0.717, 1.165) is 144 Å². The summed E-state index contributed by atoms with van der Waals surface area (Å²) in [6.07, 6.45) is 0. The van der Waals surface area contributed by atoms with Gasteiger partial charge in [-0.05, 0) is 113 Å². The Bertz CT molecular complexity index is 6900. The summed E-state index contributed by atoms with van der Waals surface area (Å²) in [5, 5.41) is 14.0. The van der Waals surface area contributed by atoms with E-state index in [0.29, 0.717) is 23.4 Å². The predicted octanol–water partition coefficient (Wildman–Crippen LogP) is 23.4. The molecule has 9 nitrogen and oxygen atoms in total. The first-order valence-electron chi connectivity index (χ1n) is 34.6. The van der Waals surface area contributed by atoms with Crippen molar-refractivity contribution in [2.24, 2.45) is 0 Å². The molecule has 0 unspecified atom stereocenters. The van der Waals surface area contributed by atoms with Gasteiger partial charge >= 0.3 is 0 Å². The molecule has 0 N–H and O–H groups in total. The molecule has 0 bridgehead atoms. The van der Waals surface area contributed by atoms with Crippen molar-refractivity contribution >= 4 is 109 Å². The Labute approximate surface area is 585 Å². The van der Waals surface area contributed by atoms with Crippen molar-refractivity contribution in [3.63, 3.8) is 0 Å². The molecule has 21 rings (SSSR count). The highest BCUT2D eigenvalue weighted by Gasteiger charge is 2.29. The fraction of sp³-hybridized carbons (Fsp3) is 0. The van der Waals surface area contributed by atoms with Gasteiger partial charge < -0.3 is 13.7 Å². The average Bonchev–Trinajstić information content (AvgIpc) is 1.52. The molecule has 102 heavy (non-hydrogen) atoms. The van der Waals surface area contributed by atoms with Crippen LogP contribution in [0.4, 0.5) is 0 Å². The van der Waals surface area contributed by atoms with E-state index in [1.807, 2.05) is 60.7 Å². The minimum absolute atomic E-state index is 0.592. The molecule has 15 aromatic carbocycles. The normalized spacial score (nSPS) is 11.9. The quantitative estimate of drug-likeness (QED) is 0.136. The highest BCUT2D eigenvalue weighted by atomic mass is 15.2. The maximum absolute atomic E-state index is 5.77. The molecule has 0 spiro atoms. The van der Waals surface area contributed by atoms with E-state index in [-0.39, 0.29) is 0 Å². The van der Waals surface area contributed by atoms with Crippen LogP contribution >= 0.6 is 0 Å². The molecule has 6 aromatic heterocycles. The SMILES string of the molecule is c1ccc(-c2cc(-c3cccc(-c4ccc5c(c4)c4c(c6ccccc6n4-c4ccccc4)c4c5c5ccccc5n4-c4ccc(-c5nc(-c6ccccc6)nc(-c6ccccc6)n5)cc4)c3)nc(-n3c4ccccc4c4c5ccccc5c5c(c6ccccc6n5-c5ccccc5)c43)n2)cc1. The lowest BCUT2D eigenvalue weighted by atomic mass is 9.94. The molecule has 21 aromatic rings. The zero-order valence-electron chi connectivity index (χ0n) is 54.9. The summed E-state index contributed by atoms with van der Waals surface area (Å²) in [7, 11) is 0. The van der Waals surface area contributed by atoms with Gasteiger partial charge in [-0.2, -0.15) is 0 Å². The molecule has 9 heteroatoms. The molecule has 474 valence electrons. The first-order valence-corrected chi connectivity index (χ1v) is 34.6. The van der Waals surface area contributed by atoms with E-state index in [1.54, 1.807) is 0 Å². The monoisotopic (exact) mass is 1300 g/mol. The highest BCUT2D eigenvalue weighted by molar-refractivity contribution is 6.38. The smallest absolute Gasteiger partial charge is 0.235 e. The van der Waals surface area contributed by atoms with E-state index >= 15 is 0 Å².